The summed E-state index contributed by atoms with van der Waals surface area (Å²) < 4.78 is 10.7. The highest BCUT2D eigenvalue weighted by Gasteiger charge is 2.20. The van der Waals surface area contributed by atoms with Gasteiger partial charge in [0.05, 0.1) is 6.54 Å². The summed E-state index contributed by atoms with van der Waals surface area (Å²) in [5.41, 5.74) is 1.12. The first-order valence-electron chi connectivity index (χ1n) is 8.46. The van der Waals surface area contributed by atoms with Crippen molar-refractivity contribution in [1.29, 1.82) is 0 Å². The van der Waals surface area contributed by atoms with E-state index in [1.165, 1.54) is 12.8 Å². The summed E-state index contributed by atoms with van der Waals surface area (Å²) in [5.74, 6) is 2.50. The zero-order valence-corrected chi connectivity index (χ0v) is 14.0. The highest BCUT2D eigenvalue weighted by molar-refractivity contribution is 5.78. The summed E-state index contributed by atoms with van der Waals surface area (Å²) in [5, 5.41) is 3.17. The van der Waals surface area contributed by atoms with Gasteiger partial charge in [-0.3, -0.25) is 9.69 Å². The Morgan fingerprint density at radius 1 is 1.22 bits per heavy atom. The Balaban J connectivity index is 1.45. The van der Waals surface area contributed by atoms with E-state index in [2.05, 4.69) is 12.2 Å². The first-order valence-corrected chi connectivity index (χ1v) is 8.46. The Labute approximate surface area is 137 Å². The van der Waals surface area contributed by atoms with Gasteiger partial charge in [-0.15, -0.1) is 0 Å². The fourth-order valence-corrected chi connectivity index (χ4v) is 3.33. The van der Waals surface area contributed by atoms with E-state index in [1.807, 2.05) is 30.1 Å². The molecule has 1 amide bonds. The molecule has 1 N–H and O–H groups in total. The Morgan fingerprint density at radius 2 is 1.96 bits per heavy atom. The van der Waals surface area contributed by atoms with Gasteiger partial charge in [0.25, 0.3) is 0 Å². The van der Waals surface area contributed by atoms with E-state index in [0.29, 0.717) is 19.1 Å². The van der Waals surface area contributed by atoms with Gasteiger partial charge in [-0.05, 0) is 56.3 Å². The molecule has 1 saturated carbocycles. The molecule has 0 radical (unpaired) electrons. The molecule has 2 aliphatic rings. The minimum Gasteiger partial charge on any atom is -0.454 e. The van der Waals surface area contributed by atoms with E-state index in [-0.39, 0.29) is 12.7 Å². The highest BCUT2D eigenvalue weighted by Crippen LogP contribution is 2.32. The molecular weight excluding hydrogens is 292 g/mol. The fourth-order valence-electron chi connectivity index (χ4n) is 3.33. The number of likely N-dealkylation sites (N-methyl/N-ethyl adjacent to an activating group) is 1. The van der Waals surface area contributed by atoms with Crippen molar-refractivity contribution < 1.29 is 14.3 Å². The Kier molecular flexibility index (Phi) is 5.06. The number of ether oxygens (including phenoxy) is 2. The van der Waals surface area contributed by atoms with Crippen molar-refractivity contribution >= 4 is 5.91 Å². The maximum absolute atomic E-state index is 12.2. The largest absolute Gasteiger partial charge is 0.454 e. The van der Waals surface area contributed by atoms with Crippen LogP contribution in [0.3, 0.4) is 0 Å². The Morgan fingerprint density at radius 3 is 2.74 bits per heavy atom. The van der Waals surface area contributed by atoms with E-state index in [4.69, 9.17) is 9.47 Å². The third-order valence-electron chi connectivity index (χ3n) is 4.68. The molecule has 3 rings (SSSR count). The lowest BCUT2D eigenvalue weighted by Crippen LogP contribution is -2.42. The number of hydrogen-bond donors (Lipinski definition) is 1. The second kappa shape index (κ2) is 7.21. The van der Waals surface area contributed by atoms with Gasteiger partial charge in [0.15, 0.2) is 11.5 Å². The van der Waals surface area contributed by atoms with Crippen molar-refractivity contribution in [2.45, 2.75) is 45.2 Å². The van der Waals surface area contributed by atoms with Gasteiger partial charge in [0, 0.05) is 12.6 Å². The second-order valence-electron chi connectivity index (χ2n) is 6.88. The molecule has 0 unspecified atom stereocenters. The number of carbonyl (C=O) groups excluding carboxylic acids is 1. The zero-order chi connectivity index (χ0) is 16.2. The molecule has 23 heavy (non-hydrogen) atoms. The molecule has 5 nitrogen and oxygen atoms in total. The molecule has 126 valence electrons. The maximum Gasteiger partial charge on any atom is 0.234 e. The van der Waals surface area contributed by atoms with Gasteiger partial charge >= 0.3 is 0 Å². The van der Waals surface area contributed by atoms with Crippen molar-refractivity contribution in [2.75, 3.05) is 20.4 Å². The van der Waals surface area contributed by atoms with Crippen molar-refractivity contribution in [3.05, 3.63) is 23.8 Å². The van der Waals surface area contributed by atoms with Crippen LogP contribution in [0.25, 0.3) is 0 Å². The van der Waals surface area contributed by atoms with Crippen LogP contribution in [-0.4, -0.2) is 37.2 Å². The maximum atomic E-state index is 12.2. The van der Waals surface area contributed by atoms with Crippen LogP contribution in [0, 0.1) is 5.92 Å². The van der Waals surface area contributed by atoms with E-state index in [9.17, 15) is 4.79 Å². The summed E-state index contributed by atoms with van der Waals surface area (Å²) in [7, 11) is 1.97. The SMILES string of the molecule is CC1CCC(NC(=O)CN(C)Cc2ccc3c(c2)OCO3)CC1. The first-order chi connectivity index (χ1) is 11.1. The van der Waals surface area contributed by atoms with Crippen molar-refractivity contribution in [1.82, 2.24) is 10.2 Å². The zero-order valence-electron chi connectivity index (χ0n) is 14.0. The van der Waals surface area contributed by atoms with Crippen LogP contribution in [-0.2, 0) is 11.3 Å². The summed E-state index contributed by atoms with van der Waals surface area (Å²) in [4.78, 5) is 14.2. The summed E-state index contributed by atoms with van der Waals surface area (Å²) in [6.45, 7) is 3.71. The third kappa shape index (κ3) is 4.38. The van der Waals surface area contributed by atoms with Crippen molar-refractivity contribution in [3.8, 4) is 11.5 Å². The van der Waals surface area contributed by atoms with E-state index in [0.717, 1.165) is 35.8 Å². The number of nitrogens with zero attached hydrogens (tertiary/aromatic N) is 1. The summed E-state index contributed by atoms with van der Waals surface area (Å²) >= 11 is 0. The average molecular weight is 318 g/mol. The number of benzene rings is 1. The molecule has 1 aliphatic heterocycles. The molecule has 0 bridgehead atoms. The topological polar surface area (TPSA) is 50.8 Å². The van der Waals surface area contributed by atoms with E-state index < -0.39 is 0 Å². The predicted molar refractivity (Wildman–Crippen MR) is 88.5 cm³/mol. The number of nitrogens with one attached hydrogen (secondary N) is 1. The number of rotatable bonds is 5. The minimum atomic E-state index is 0.118. The average Bonchev–Trinajstić information content (AvgIpc) is 2.97. The molecule has 1 aromatic rings. The number of fused-ring (bicyclic) bond motifs is 1. The summed E-state index contributed by atoms with van der Waals surface area (Å²) in [6.07, 6.45) is 4.66. The van der Waals surface area contributed by atoms with E-state index >= 15 is 0 Å². The minimum absolute atomic E-state index is 0.118. The third-order valence-corrected chi connectivity index (χ3v) is 4.68. The fraction of sp³-hybridized carbons (Fsp3) is 0.611. The van der Waals surface area contributed by atoms with E-state index in [1.54, 1.807) is 0 Å². The van der Waals surface area contributed by atoms with Crippen LogP contribution >= 0.6 is 0 Å². The van der Waals surface area contributed by atoms with Gasteiger partial charge in [0.1, 0.15) is 0 Å². The molecular formula is C18H26N2O3. The molecule has 0 saturated heterocycles. The van der Waals surface area contributed by atoms with Gasteiger partial charge in [-0.1, -0.05) is 13.0 Å². The Bertz CT molecular complexity index is 553. The molecule has 1 fully saturated rings. The van der Waals surface area contributed by atoms with Crippen molar-refractivity contribution in [2.24, 2.45) is 5.92 Å². The summed E-state index contributed by atoms with van der Waals surface area (Å²) in [6, 6.07) is 6.29. The monoisotopic (exact) mass is 318 g/mol. The van der Waals surface area contributed by atoms with Crippen LogP contribution in [0.2, 0.25) is 0 Å². The number of hydrogen-bond acceptors (Lipinski definition) is 4. The quantitative estimate of drug-likeness (QED) is 0.906. The smallest absolute Gasteiger partial charge is 0.234 e. The number of amides is 1. The molecule has 1 aliphatic carbocycles. The lowest BCUT2D eigenvalue weighted by Gasteiger charge is -2.27. The lowest BCUT2D eigenvalue weighted by molar-refractivity contribution is -0.123. The molecule has 1 heterocycles. The normalized spacial score (nSPS) is 23.1. The predicted octanol–water partition coefficient (Wildman–Crippen LogP) is 2.54. The molecule has 0 spiro atoms. The van der Waals surface area contributed by atoms with Crippen LogP contribution in [0.4, 0.5) is 0 Å². The molecule has 0 aromatic heterocycles. The Hall–Kier alpha value is -1.75. The van der Waals surface area contributed by atoms with Crippen LogP contribution < -0.4 is 14.8 Å². The highest BCUT2D eigenvalue weighted by atomic mass is 16.7. The van der Waals surface area contributed by atoms with Gasteiger partial charge < -0.3 is 14.8 Å². The number of carbonyl (C=O) groups is 1. The molecule has 0 atom stereocenters. The first kappa shape index (κ1) is 16.1. The van der Waals surface area contributed by atoms with Gasteiger partial charge in [-0.25, -0.2) is 0 Å². The van der Waals surface area contributed by atoms with Gasteiger partial charge in [0.2, 0.25) is 12.7 Å². The molecule has 5 heteroatoms. The standard InChI is InChI=1S/C18H26N2O3/c1-13-3-6-15(7-4-13)19-18(21)11-20(2)10-14-5-8-16-17(9-14)23-12-22-16/h5,8-9,13,15H,3-4,6-7,10-12H2,1-2H3,(H,19,21). The van der Waals surface area contributed by atoms with Crippen LogP contribution in [0.1, 0.15) is 38.2 Å². The molecule has 1 aromatic carbocycles. The lowest BCUT2D eigenvalue weighted by atomic mass is 9.87. The van der Waals surface area contributed by atoms with Crippen LogP contribution in [0.15, 0.2) is 18.2 Å². The van der Waals surface area contributed by atoms with Crippen LogP contribution in [0.5, 0.6) is 11.5 Å². The van der Waals surface area contributed by atoms with Crippen molar-refractivity contribution in [3.63, 3.8) is 0 Å². The van der Waals surface area contributed by atoms with Gasteiger partial charge in [-0.2, -0.15) is 0 Å². The second-order valence-corrected chi connectivity index (χ2v) is 6.88.